The highest BCUT2D eigenvalue weighted by atomic mass is 35.5. The molecule has 0 aromatic heterocycles. The summed E-state index contributed by atoms with van der Waals surface area (Å²) in [7, 11) is 2.18. The second-order valence-electron chi connectivity index (χ2n) is 7.21. The molecule has 1 fully saturated rings. The number of carboxylic acids is 2. The molecule has 1 saturated heterocycles. The minimum Gasteiger partial charge on any atom is -0.478 e. The third-order valence-corrected chi connectivity index (χ3v) is 7.10. The fraction of sp³-hybridized carbons (Fsp3) is 0.217. The van der Waals surface area contributed by atoms with Gasteiger partial charge in [0.25, 0.3) is 0 Å². The highest BCUT2D eigenvalue weighted by Gasteiger charge is 2.25. The third kappa shape index (κ3) is 6.07. The van der Waals surface area contributed by atoms with Crippen molar-refractivity contribution in [1.29, 1.82) is 0 Å². The number of carbonyl (C=O) groups is 2. The van der Waals surface area contributed by atoms with Crippen LogP contribution in [0.25, 0.3) is 11.8 Å². The maximum atomic E-state index is 9.55. The number of benzene rings is 2. The summed E-state index contributed by atoms with van der Waals surface area (Å²) in [6.45, 7) is 4.19. The lowest BCUT2D eigenvalue weighted by Crippen LogP contribution is -2.43. The molecule has 2 heterocycles. The van der Waals surface area contributed by atoms with Crippen LogP contribution in [-0.2, 0) is 9.59 Å². The molecule has 9 heteroatoms. The Morgan fingerprint density at radius 3 is 2.22 bits per heavy atom. The average molecular weight is 493 g/mol. The van der Waals surface area contributed by atoms with E-state index >= 15 is 0 Å². The van der Waals surface area contributed by atoms with Crippen LogP contribution in [0, 0.1) is 0 Å². The number of halogens is 2. The monoisotopic (exact) mass is 492 g/mol. The summed E-state index contributed by atoms with van der Waals surface area (Å²) in [6.07, 6.45) is 3.41. The topological polar surface area (TPSA) is 81.1 Å². The van der Waals surface area contributed by atoms with Gasteiger partial charge in [0, 0.05) is 59.4 Å². The van der Waals surface area contributed by atoms with Gasteiger partial charge >= 0.3 is 11.9 Å². The van der Waals surface area contributed by atoms with Crippen LogP contribution in [0.15, 0.2) is 58.3 Å². The number of carboxylic acid groups (broad SMARTS) is 2. The predicted molar refractivity (Wildman–Crippen MR) is 128 cm³/mol. The normalized spacial score (nSPS) is 15.7. The van der Waals surface area contributed by atoms with Crippen molar-refractivity contribution in [3.8, 4) is 0 Å². The molecule has 0 bridgehead atoms. The Kier molecular flexibility index (Phi) is 8.26. The van der Waals surface area contributed by atoms with Crippen molar-refractivity contribution in [3.05, 3.63) is 69.7 Å². The molecule has 0 aliphatic carbocycles. The zero-order chi connectivity index (χ0) is 23.3. The number of rotatable bonds is 3. The standard InChI is InChI=1S/C19H18Cl2N2S.C4H4O4/c1-22-8-10-23(11-9-22)16-12-13-4-2-3-5-17(13)24-19-14(16)6-7-15(20)18(19)21;5-3(6)1-2-4(7)8/h2-7,12H,8-11H2,1H3;1-2H,(H,5,6)(H,7,8)/b;2-1+. The molecule has 0 radical (unpaired) electrons. The van der Waals surface area contributed by atoms with E-state index in [1.165, 1.54) is 21.7 Å². The van der Waals surface area contributed by atoms with Gasteiger partial charge in [-0.25, -0.2) is 9.59 Å². The molecule has 0 saturated carbocycles. The fourth-order valence-corrected chi connectivity index (χ4v) is 4.90. The van der Waals surface area contributed by atoms with Crippen LogP contribution in [0.5, 0.6) is 0 Å². The minimum atomic E-state index is -1.26. The molecule has 2 aromatic carbocycles. The molecule has 2 aromatic rings. The number of hydrogen-bond acceptors (Lipinski definition) is 5. The molecule has 0 amide bonds. The molecule has 2 aliphatic heterocycles. The first-order chi connectivity index (χ1) is 15.3. The second kappa shape index (κ2) is 10.9. The summed E-state index contributed by atoms with van der Waals surface area (Å²) < 4.78 is 0. The van der Waals surface area contributed by atoms with E-state index in [0.29, 0.717) is 22.2 Å². The summed E-state index contributed by atoms with van der Waals surface area (Å²) in [4.78, 5) is 26.2. The Labute approximate surface area is 200 Å². The number of piperazine rings is 1. The van der Waals surface area contributed by atoms with Crippen LogP contribution in [0.1, 0.15) is 11.1 Å². The minimum absolute atomic E-state index is 0.558. The zero-order valence-electron chi connectivity index (χ0n) is 17.3. The number of likely N-dealkylation sites (N-methyl/N-ethyl adjacent to an activating group) is 1. The van der Waals surface area contributed by atoms with Crippen molar-refractivity contribution in [2.75, 3.05) is 33.2 Å². The highest BCUT2D eigenvalue weighted by Crippen LogP contribution is 2.46. The summed E-state index contributed by atoms with van der Waals surface area (Å²) in [6, 6.07) is 12.5. The van der Waals surface area contributed by atoms with E-state index in [4.69, 9.17) is 33.4 Å². The molecule has 0 spiro atoms. The van der Waals surface area contributed by atoms with E-state index in [9.17, 15) is 9.59 Å². The van der Waals surface area contributed by atoms with Gasteiger partial charge in [-0.05, 0) is 30.8 Å². The van der Waals surface area contributed by atoms with Crippen LogP contribution in [-0.4, -0.2) is 65.2 Å². The molecule has 2 N–H and O–H groups in total. The van der Waals surface area contributed by atoms with Gasteiger partial charge in [-0.1, -0.05) is 59.2 Å². The smallest absolute Gasteiger partial charge is 0.328 e. The van der Waals surface area contributed by atoms with Gasteiger partial charge in [0.1, 0.15) is 0 Å². The Morgan fingerprint density at radius 1 is 0.969 bits per heavy atom. The Hall–Kier alpha value is -2.45. The second-order valence-corrected chi connectivity index (χ2v) is 9.05. The average Bonchev–Trinajstić information content (AvgIpc) is 2.93. The zero-order valence-corrected chi connectivity index (χ0v) is 19.6. The Balaban J connectivity index is 0.000000312. The van der Waals surface area contributed by atoms with Gasteiger partial charge in [-0.15, -0.1) is 0 Å². The summed E-state index contributed by atoms with van der Waals surface area (Å²) in [5, 5.41) is 16.9. The van der Waals surface area contributed by atoms with E-state index in [0.717, 1.165) is 31.1 Å². The van der Waals surface area contributed by atoms with Crippen LogP contribution >= 0.6 is 35.0 Å². The Morgan fingerprint density at radius 2 is 1.59 bits per heavy atom. The summed E-state index contributed by atoms with van der Waals surface area (Å²) >= 11 is 14.6. The van der Waals surface area contributed by atoms with E-state index < -0.39 is 11.9 Å². The number of nitrogens with zero attached hydrogens (tertiary/aromatic N) is 2. The first-order valence-electron chi connectivity index (χ1n) is 9.80. The van der Waals surface area contributed by atoms with Crippen LogP contribution < -0.4 is 0 Å². The van der Waals surface area contributed by atoms with Gasteiger partial charge in [0.15, 0.2) is 0 Å². The SMILES string of the molecule is CN1CCN(C2=Cc3ccccc3Sc3c2ccc(Cl)c3Cl)CC1.O=C(O)/C=C/C(=O)O. The molecule has 0 unspecified atom stereocenters. The van der Waals surface area contributed by atoms with E-state index in [2.05, 4.69) is 53.3 Å². The third-order valence-electron chi connectivity index (χ3n) is 4.96. The van der Waals surface area contributed by atoms with Gasteiger partial charge in [0.05, 0.1) is 10.0 Å². The first-order valence-corrected chi connectivity index (χ1v) is 11.4. The molecule has 168 valence electrons. The molecular weight excluding hydrogens is 471 g/mol. The summed E-state index contributed by atoms with van der Waals surface area (Å²) in [5.74, 6) is -2.51. The van der Waals surface area contributed by atoms with Crippen LogP contribution in [0.2, 0.25) is 10.0 Å². The van der Waals surface area contributed by atoms with E-state index in [1.54, 1.807) is 11.8 Å². The highest BCUT2D eigenvalue weighted by molar-refractivity contribution is 7.99. The van der Waals surface area contributed by atoms with Crippen molar-refractivity contribution in [2.24, 2.45) is 0 Å². The van der Waals surface area contributed by atoms with Crippen molar-refractivity contribution >= 4 is 58.7 Å². The van der Waals surface area contributed by atoms with Crippen molar-refractivity contribution in [1.82, 2.24) is 9.80 Å². The molecule has 0 atom stereocenters. The van der Waals surface area contributed by atoms with E-state index in [-0.39, 0.29) is 0 Å². The lowest BCUT2D eigenvalue weighted by atomic mass is 10.1. The van der Waals surface area contributed by atoms with Crippen molar-refractivity contribution in [3.63, 3.8) is 0 Å². The molecule has 32 heavy (non-hydrogen) atoms. The molecule has 4 rings (SSSR count). The maximum absolute atomic E-state index is 9.55. The Bertz CT molecular complexity index is 1060. The fourth-order valence-electron chi connectivity index (χ4n) is 3.31. The molecule has 6 nitrogen and oxygen atoms in total. The lowest BCUT2D eigenvalue weighted by Gasteiger charge is -2.36. The quantitative estimate of drug-likeness (QED) is 0.588. The first kappa shape index (κ1) is 24.2. The van der Waals surface area contributed by atoms with Crippen molar-refractivity contribution < 1.29 is 19.8 Å². The van der Waals surface area contributed by atoms with Crippen LogP contribution in [0.4, 0.5) is 0 Å². The van der Waals surface area contributed by atoms with Gasteiger partial charge in [0.2, 0.25) is 0 Å². The maximum Gasteiger partial charge on any atom is 0.328 e. The molecule has 2 aliphatic rings. The van der Waals surface area contributed by atoms with Gasteiger partial charge in [-0.2, -0.15) is 0 Å². The van der Waals surface area contributed by atoms with Crippen molar-refractivity contribution in [2.45, 2.75) is 9.79 Å². The van der Waals surface area contributed by atoms with E-state index in [1.807, 2.05) is 6.07 Å². The lowest BCUT2D eigenvalue weighted by molar-refractivity contribution is -0.134. The van der Waals surface area contributed by atoms with Crippen LogP contribution in [0.3, 0.4) is 0 Å². The number of fused-ring (bicyclic) bond motifs is 2. The van der Waals surface area contributed by atoms with Gasteiger partial charge in [-0.3, -0.25) is 0 Å². The number of aliphatic carboxylic acids is 2. The summed E-state index contributed by atoms with van der Waals surface area (Å²) in [5.41, 5.74) is 3.66. The molecular formula is C23H22Cl2N2O4S. The largest absolute Gasteiger partial charge is 0.478 e. The number of hydrogen-bond donors (Lipinski definition) is 2. The predicted octanol–water partition coefficient (Wildman–Crippen LogP) is 4.92. The van der Waals surface area contributed by atoms with Gasteiger partial charge < -0.3 is 20.0 Å².